The van der Waals surface area contributed by atoms with Gasteiger partial charge in [0.1, 0.15) is 6.04 Å². The highest BCUT2D eigenvalue weighted by molar-refractivity contribution is 5.68. The van der Waals surface area contributed by atoms with Crippen molar-refractivity contribution < 1.29 is 22.7 Å². The molecule has 1 aliphatic rings. The molecule has 0 aromatic heterocycles. The average molecular weight is 226 g/mol. The van der Waals surface area contributed by atoms with Crippen molar-refractivity contribution in [1.29, 1.82) is 0 Å². The van der Waals surface area contributed by atoms with E-state index < -0.39 is 18.3 Å². The quantitative estimate of drug-likeness (QED) is 0.724. The first-order chi connectivity index (χ1) is 6.96. The van der Waals surface area contributed by atoms with Crippen molar-refractivity contribution in [2.45, 2.75) is 19.1 Å². The normalized spacial score (nSPS) is 22.7. The number of nitrogens with zero attached hydrogens (tertiary/aromatic N) is 1. The lowest BCUT2D eigenvalue weighted by atomic mass is 10.2. The second kappa shape index (κ2) is 4.69. The van der Waals surface area contributed by atoms with Crippen LogP contribution in [-0.4, -0.2) is 49.5 Å². The number of alkyl halides is 3. The van der Waals surface area contributed by atoms with E-state index >= 15 is 0 Å². The standard InChI is InChI=1S/C8H13F3N2O2/c1-2-15-7(14)13-4-3-12-5-6(13)8(9,10)11/h6,12H,2-5H2,1H3/t6-/m0/s1. The molecule has 1 fully saturated rings. The third-order valence-corrected chi connectivity index (χ3v) is 2.12. The zero-order valence-corrected chi connectivity index (χ0v) is 8.30. The smallest absolute Gasteiger partial charge is 0.410 e. The molecule has 0 aliphatic carbocycles. The lowest BCUT2D eigenvalue weighted by Crippen LogP contribution is -2.59. The molecule has 88 valence electrons. The molecule has 0 bridgehead atoms. The number of piperazine rings is 1. The molecular weight excluding hydrogens is 213 g/mol. The van der Waals surface area contributed by atoms with E-state index in [1.54, 1.807) is 6.92 Å². The van der Waals surface area contributed by atoms with Gasteiger partial charge in [-0.1, -0.05) is 0 Å². The molecule has 1 amide bonds. The van der Waals surface area contributed by atoms with Gasteiger partial charge in [0, 0.05) is 19.6 Å². The zero-order valence-electron chi connectivity index (χ0n) is 8.30. The largest absolute Gasteiger partial charge is 0.450 e. The number of hydrogen-bond acceptors (Lipinski definition) is 3. The highest BCUT2D eigenvalue weighted by Crippen LogP contribution is 2.26. The molecule has 1 N–H and O–H groups in total. The molecule has 1 heterocycles. The van der Waals surface area contributed by atoms with Crippen LogP contribution in [0.15, 0.2) is 0 Å². The fourth-order valence-corrected chi connectivity index (χ4v) is 1.42. The number of hydrogen-bond donors (Lipinski definition) is 1. The molecule has 7 heteroatoms. The summed E-state index contributed by atoms with van der Waals surface area (Å²) in [6.07, 6.45) is -5.32. The molecule has 0 unspecified atom stereocenters. The van der Waals surface area contributed by atoms with E-state index in [0.29, 0.717) is 6.54 Å². The maximum atomic E-state index is 12.5. The predicted molar refractivity (Wildman–Crippen MR) is 46.4 cm³/mol. The van der Waals surface area contributed by atoms with Crippen molar-refractivity contribution >= 4 is 6.09 Å². The Labute approximate surface area is 85.4 Å². The summed E-state index contributed by atoms with van der Waals surface area (Å²) in [6.45, 7) is 1.73. The van der Waals surface area contributed by atoms with Crippen LogP contribution in [-0.2, 0) is 4.74 Å². The second-order valence-corrected chi connectivity index (χ2v) is 3.15. The topological polar surface area (TPSA) is 41.6 Å². The van der Waals surface area contributed by atoms with E-state index in [-0.39, 0.29) is 19.7 Å². The van der Waals surface area contributed by atoms with Crippen molar-refractivity contribution in [3.8, 4) is 0 Å². The Hall–Kier alpha value is -0.980. The zero-order chi connectivity index (χ0) is 11.5. The van der Waals surface area contributed by atoms with E-state index in [9.17, 15) is 18.0 Å². The first-order valence-electron chi connectivity index (χ1n) is 4.67. The Kier molecular flexibility index (Phi) is 3.78. The van der Waals surface area contributed by atoms with Crippen LogP contribution in [0.25, 0.3) is 0 Å². The molecule has 0 spiro atoms. The molecule has 0 aromatic carbocycles. The molecule has 0 aromatic rings. The number of halogens is 3. The molecule has 15 heavy (non-hydrogen) atoms. The van der Waals surface area contributed by atoms with Crippen LogP contribution in [0.5, 0.6) is 0 Å². The van der Waals surface area contributed by atoms with Crippen LogP contribution in [0.4, 0.5) is 18.0 Å². The molecule has 1 aliphatic heterocycles. The summed E-state index contributed by atoms with van der Waals surface area (Å²) in [5.74, 6) is 0. The van der Waals surface area contributed by atoms with Gasteiger partial charge in [-0.15, -0.1) is 0 Å². The summed E-state index contributed by atoms with van der Waals surface area (Å²) in [5, 5.41) is 2.60. The van der Waals surface area contributed by atoms with Crippen molar-refractivity contribution in [1.82, 2.24) is 10.2 Å². The second-order valence-electron chi connectivity index (χ2n) is 3.15. The fraction of sp³-hybridized carbons (Fsp3) is 0.875. The number of nitrogens with one attached hydrogen (secondary N) is 1. The number of carbonyl (C=O) groups is 1. The van der Waals surface area contributed by atoms with Gasteiger partial charge in [-0.2, -0.15) is 13.2 Å². The predicted octanol–water partition coefficient (Wildman–Crippen LogP) is 0.979. The van der Waals surface area contributed by atoms with Crippen LogP contribution < -0.4 is 5.32 Å². The van der Waals surface area contributed by atoms with Crippen molar-refractivity contribution in [3.63, 3.8) is 0 Å². The Balaban J connectivity index is 2.70. The molecular formula is C8H13F3N2O2. The van der Waals surface area contributed by atoms with Gasteiger partial charge in [0.25, 0.3) is 0 Å². The Morgan fingerprint density at radius 3 is 2.80 bits per heavy atom. The van der Waals surface area contributed by atoms with Crippen molar-refractivity contribution in [2.24, 2.45) is 0 Å². The van der Waals surface area contributed by atoms with E-state index in [0.717, 1.165) is 4.90 Å². The third-order valence-electron chi connectivity index (χ3n) is 2.12. The van der Waals surface area contributed by atoms with Gasteiger partial charge >= 0.3 is 12.3 Å². The lowest BCUT2D eigenvalue weighted by molar-refractivity contribution is -0.181. The molecule has 1 rings (SSSR count). The van der Waals surface area contributed by atoms with E-state index in [4.69, 9.17) is 0 Å². The van der Waals surface area contributed by atoms with Gasteiger partial charge in [-0.05, 0) is 6.92 Å². The van der Waals surface area contributed by atoms with Gasteiger partial charge in [0.05, 0.1) is 6.61 Å². The van der Waals surface area contributed by atoms with Crippen LogP contribution >= 0.6 is 0 Å². The summed E-state index contributed by atoms with van der Waals surface area (Å²) in [6, 6.07) is -1.79. The van der Waals surface area contributed by atoms with Crippen molar-refractivity contribution in [3.05, 3.63) is 0 Å². The Bertz CT molecular complexity index is 232. The first-order valence-corrected chi connectivity index (χ1v) is 4.67. The number of ether oxygens (including phenoxy) is 1. The van der Waals surface area contributed by atoms with Crippen LogP contribution in [0.2, 0.25) is 0 Å². The highest BCUT2D eigenvalue weighted by Gasteiger charge is 2.46. The average Bonchev–Trinajstić information content (AvgIpc) is 2.17. The number of carbonyl (C=O) groups excluding carboxylic acids is 1. The lowest BCUT2D eigenvalue weighted by Gasteiger charge is -2.36. The van der Waals surface area contributed by atoms with Crippen molar-refractivity contribution in [2.75, 3.05) is 26.2 Å². The van der Waals surface area contributed by atoms with E-state index in [2.05, 4.69) is 10.1 Å². The van der Waals surface area contributed by atoms with Gasteiger partial charge in [0.2, 0.25) is 0 Å². The first kappa shape index (κ1) is 12.1. The summed E-state index contributed by atoms with van der Waals surface area (Å²) in [5.41, 5.74) is 0. The van der Waals surface area contributed by atoms with Crippen LogP contribution in [0.1, 0.15) is 6.92 Å². The summed E-state index contributed by atoms with van der Waals surface area (Å²) in [4.78, 5) is 12.0. The monoisotopic (exact) mass is 226 g/mol. The van der Waals surface area contributed by atoms with Gasteiger partial charge in [-0.3, -0.25) is 4.90 Å². The van der Waals surface area contributed by atoms with Crippen LogP contribution in [0.3, 0.4) is 0 Å². The highest BCUT2D eigenvalue weighted by atomic mass is 19.4. The van der Waals surface area contributed by atoms with Gasteiger partial charge < -0.3 is 10.1 Å². The van der Waals surface area contributed by atoms with Gasteiger partial charge in [0.15, 0.2) is 0 Å². The van der Waals surface area contributed by atoms with E-state index in [1.807, 2.05) is 0 Å². The minimum atomic E-state index is -4.42. The minimum absolute atomic E-state index is 0.0169. The molecule has 0 saturated carbocycles. The maximum absolute atomic E-state index is 12.5. The van der Waals surface area contributed by atoms with Crippen LogP contribution in [0, 0.1) is 0 Å². The minimum Gasteiger partial charge on any atom is -0.450 e. The number of amides is 1. The number of rotatable bonds is 1. The maximum Gasteiger partial charge on any atom is 0.410 e. The van der Waals surface area contributed by atoms with Gasteiger partial charge in [-0.25, -0.2) is 4.79 Å². The summed E-state index contributed by atoms with van der Waals surface area (Å²) >= 11 is 0. The molecule has 4 nitrogen and oxygen atoms in total. The molecule has 1 saturated heterocycles. The SMILES string of the molecule is CCOC(=O)N1CCNC[C@H]1C(F)(F)F. The fourth-order valence-electron chi connectivity index (χ4n) is 1.42. The summed E-state index contributed by atoms with van der Waals surface area (Å²) in [7, 11) is 0. The third kappa shape index (κ3) is 2.98. The molecule has 1 atom stereocenters. The summed E-state index contributed by atoms with van der Waals surface area (Å²) < 4.78 is 42.1. The Morgan fingerprint density at radius 1 is 1.60 bits per heavy atom. The van der Waals surface area contributed by atoms with E-state index in [1.165, 1.54) is 0 Å². The Morgan fingerprint density at radius 2 is 2.27 bits per heavy atom. The molecule has 0 radical (unpaired) electrons.